The van der Waals surface area contributed by atoms with E-state index in [1.165, 1.54) is 25.9 Å². The molecule has 0 atom stereocenters. The molecule has 1 aliphatic rings. The van der Waals surface area contributed by atoms with Crippen molar-refractivity contribution in [3.63, 3.8) is 0 Å². The highest BCUT2D eigenvalue weighted by Crippen LogP contribution is 2.19. The molecule has 0 aromatic carbocycles. The molecular formula is C8H18BrN. The maximum absolute atomic E-state index is 2.55. The molecule has 1 saturated heterocycles. The van der Waals surface area contributed by atoms with Crippen LogP contribution in [-0.2, 0) is 0 Å². The maximum atomic E-state index is 2.55. The van der Waals surface area contributed by atoms with Crippen molar-refractivity contribution < 1.29 is 0 Å². The summed E-state index contributed by atoms with van der Waals surface area (Å²) in [6, 6.07) is 0. The Bertz CT molecular complexity index is 89.9. The molecule has 10 heavy (non-hydrogen) atoms. The zero-order valence-corrected chi connectivity index (χ0v) is 8.90. The Morgan fingerprint density at radius 3 is 1.60 bits per heavy atom. The molecule has 0 aliphatic carbocycles. The van der Waals surface area contributed by atoms with E-state index in [9.17, 15) is 0 Å². The Morgan fingerprint density at radius 2 is 1.40 bits per heavy atom. The van der Waals surface area contributed by atoms with Gasteiger partial charge in [0.05, 0.1) is 0 Å². The van der Waals surface area contributed by atoms with Gasteiger partial charge in [-0.3, -0.25) is 4.90 Å². The maximum Gasteiger partial charge on any atom is 0.0125 e. The van der Waals surface area contributed by atoms with Gasteiger partial charge >= 0.3 is 0 Å². The largest absolute Gasteiger partial charge is 0.298 e. The van der Waals surface area contributed by atoms with Gasteiger partial charge in [-0.25, -0.2) is 0 Å². The summed E-state index contributed by atoms with van der Waals surface area (Å²) in [7, 11) is 0. The molecule has 0 spiro atoms. The third-order valence-electron chi connectivity index (χ3n) is 2.05. The summed E-state index contributed by atoms with van der Waals surface area (Å²) in [6.07, 6.45) is 2.80. The van der Waals surface area contributed by atoms with E-state index in [-0.39, 0.29) is 17.0 Å². The van der Waals surface area contributed by atoms with Crippen LogP contribution in [0.25, 0.3) is 0 Å². The third kappa shape index (κ3) is 2.59. The smallest absolute Gasteiger partial charge is 0.0125 e. The lowest BCUT2D eigenvalue weighted by Gasteiger charge is -2.31. The van der Waals surface area contributed by atoms with Gasteiger partial charge in [0.2, 0.25) is 0 Å². The fraction of sp³-hybridized carbons (Fsp3) is 1.00. The summed E-state index contributed by atoms with van der Waals surface area (Å²) >= 11 is 0. The van der Waals surface area contributed by atoms with E-state index in [2.05, 4.69) is 25.7 Å². The lowest BCUT2D eigenvalue weighted by molar-refractivity contribution is 0.175. The van der Waals surface area contributed by atoms with Crippen molar-refractivity contribution >= 4 is 17.0 Å². The van der Waals surface area contributed by atoms with Crippen LogP contribution in [0.1, 0.15) is 33.6 Å². The molecule has 1 rings (SSSR count). The molecular weight excluding hydrogens is 190 g/mol. The summed E-state index contributed by atoms with van der Waals surface area (Å²) in [5.41, 5.74) is 0.413. The van der Waals surface area contributed by atoms with Crippen molar-refractivity contribution in [3.8, 4) is 0 Å². The minimum atomic E-state index is 0. The van der Waals surface area contributed by atoms with Gasteiger partial charge in [0, 0.05) is 5.54 Å². The fourth-order valence-electron chi connectivity index (χ4n) is 1.39. The molecule has 0 amide bonds. The van der Waals surface area contributed by atoms with Crippen LogP contribution in [-0.4, -0.2) is 23.5 Å². The Balaban J connectivity index is 0.000000810. The molecule has 0 saturated carbocycles. The Hall–Kier alpha value is 0.440. The zero-order chi connectivity index (χ0) is 6.91. The van der Waals surface area contributed by atoms with Crippen LogP contribution >= 0.6 is 17.0 Å². The highest BCUT2D eigenvalue weighted by molar-refractivity contribution is 8.93. The van der Waals surface area contributed by atoms with Gasteiger partial charge in [0.25, 0.3) is 0 Å². The number of halogens is 1. The molecule has 0 unspecified atom stereocenters. The first kappa shape index (κ1) is 10.4. The van der Waals surface area contributed by atoms with E-state index in [4.69, 9.17) is 0 Å². The van der Waals surface area contributed by atoms with E-state index in [1.807, 2.05) is 0 Å². The zero-order valence-electron chi connectivity index (χ0n) is 7.18. The van der Waals surface area contributed by atoms with Crippen LogP contribution in [0.3, 0.4) is 0 Å². The number of hydrogen-bond acceptors (Lipinski definition) is 1. The summed E-state index contributed by atoms with van der Waals surface area (Å²) in [5, 5.41) is 0. The SMILES string of the molecule is Br.CC(C)(C)N1CCCC1. The Labute approximate surface area is 74.6 Å². The monoisotopic (exact) mass is 207 g/mol. The van der Waals surface area contributed by atoms with Crippen molar-refractivity contribution in [3.05, 3.63) is 0 Å². The van der Waals surface area contributed by atoms with Crippen molar-refractivity contribution in [1.29, 1.82) is 0 Å². The van der Waals surface area contributed by atoms with Crippen LogP contribution < -0.4 is 0 Å². The molecule has 1 heterocycles. The molecule has 0 bridgehead atoms. The second-order valence-corrected chi connectivity index (χ2v) is 3.86. The van der Waals surface area contributed by atoms with E-state index >= 15 is 0 Å². The molecule has 0 radical (unpaired) electrons. The minimum Gasteiger partial charge on any atom is -0.298 e. The number of likely N-dealkylation sites (tertiary alicyclic amines) is 1. The van der Waals surface area contributed by atoms with Gasteiger partial charge in [-0.05, 0) is 46.7 Å². The van der Waals surface area contributed by atoms with Gasteiger partial charge in [0.1, 0.15) is 0 Å². The molecule has 0 aromatic heterocycles. The van der Waals surface area contributed by atoms with E-state index < -0.39 is 0 Å². The second kappa shape index (κ2) is 3.72. The fourth-order valence-corrected chi connectivity index (χ4v) is 1.39. The quantitative estimate of drug-likeness (QED) is 0.591. The van der Waals surface area contributed by atoms with Crippen LogP contribution in [0.4, 0.5) is 0 Å². The molecule has 0 N–H and O–H groups in total. The Morgan fingerprint density at radius 1 is 1.00 bits per heavy atom. The van der Waals surface area contributed by atoms with Gasteiger partial charge < -0.3 is 0 Å². The Kier molecular flexibility index (Phi) is 3.89. The van der Waals surface area contributed by atoms with E-state index in [0.29, 0.717) is 5.54 Å². The van der Waals surface area contributed by atoms with Crippen LogP contribution in [0.15, 0.2) is 0 Å². The predicted molar refractivity (Wildman–Crippen MR) is 50.9 cm³/mol. The van der Waals surface area contributed by atoms with Crippen LogP contribution in [0.5, 0.6) is 0 Å². The van der Waals surface area contributed by atoms with E-state index in [1.54, 1.807) is 0 Å². The molecule has 0 aromatic rings. The first-order valence-corrected chi connectivity index (χ1v) is 3.86. The normalized spacial score (nSPS) is 20.7. The average Bonchev–Trinajstić information content (AvgIpc) is 2.08. The highest BCUT2D eigenvalue weighted by Gasteiger charge is 2.23. The summed E-state index contributed by atoms with van der Waals surface area (Å²) in [4.78, 5) is 2.55. The van der Waals surface area contributed by atoms with Crippen molar-refractivity contribution in [2.45, 2.75) is 39.2 Å². The second-order valence-electron chi connectivity index (χ2n) is 3.86. The highest BCUT2D eigenvalue weighted by atomic mass is 79.9. The number of nitrogens with zero attached hydrogens (tertiary/aromatic N) is 1. The average molecular weight is 208 g/mol. The predicted octanol–water partition coefficient (Wildman–Crippen LogP) is 2.46. The topological polar surface area (TPSA) is 3.24 Å². The summed E-state index contributed by atoms with van der Waals surface area (Å²) in [5.74, 6) is 0. The van der Waals surface area contributed by atoms with Crippen molar-refractivity contribution in [2.24, 2.45) is 0 Å². The molecule has 1 fully saturated rings. The van der Waals surface area contributed by atoms with Gasteiger partial charge in [-0.2, -0.15) is 0 Å². The third-order valence-corrected chi connectivity index (χ3v) is 2.05. The first-order valence-electron chi connectivity index (χ1n) is 3.86. The molecule has 62 valence electrons. The van der Waals surface area contributed by atoms with Gasteiger partial charge in [-0.15, -0.1) is 17.0 Å². The van der Waals surface area contributed by atoms with Crippen LogP contribution in [0.2, 0.25) is 0 Å². The first-order chi connectivity index (χ1) is 4.11. The lowest BCUT2D eigenvalue weighted by Crippen LogP contribution is -2.38. The summed E-state index contributed by atoms with van der Waals surface area (Å²) in [6.45, 7) is 9.49. The van der Waals surface area contributed by atoms with E-state index in [0.717, 1.165) is 0 Å². The molecule has 2 heteroatoms. The summed E-state index contributed by atoms with van der Waals surface area (Å²) < 4.78 is 0. The molecule has 1 nitrogen and oxygen atoms in total. The minimum absolute atomic E-state index is 0. The van der Waals surface area contributed by atoms with Crippen molar-refractivity contribution in [1.82, 2.24) is 4.90 Å². The van der Waals surface area contributed by atoms with Crippen LogP contribution in [0, 0.1) is 0 Å². The standard InChI is InChI=1S/C8H17N.BrH/c1-8(2,3)9-6-4-5-7-9;/h4-7H2,1-3H3;1H. The molecule has 1 aliphatic heterocycles. The number of rotatable bonds is 0. The van der Waals surface area contributed by atoms with Gasteiger partial charge in [-0.1, -0.05) is 0 Å². The number of hydrogen-bond donors (Lipinski definition) is 0. The van der Waals surface area contributed by atoms with Gasteiger partial charge in [0.15, 0.2) is 0 Å². The van der Waals surface area contributed by atoms with Crippen molar-refractivity contribution in [2.75, 3.05) is 13.1 Å². The lowest BCUT2D eigenvalue weighted by atomic mass is 10.1.